The number of rotatable bonds is 4. The number of fused-ring (bicyclic) bond motifs is 5. The summed E-state index contributed by atoms with van der Waals surface area (Å²) in [6.07, 6.45) is 5.16. The molecule has 0 spiro atoms. The molecule has 4 heteroatoms. The van der Waals surface area contributed by atoms with Crippen molar-refractivity contribution in [2.45, 2.75) is 13.0 Å². The van der Waals surface area contributed by atoms with Crippen molar-refractivity contribution in [1.82, 2.24) is 0 Å². The lowest BCUT2D eigenvalue weighted by atomic mass is 9.85. The van der Waals surface area contributed by atoms with Gasteiger partial charge in [-0.15, -0.1) is 0 Å². The molecule has 2 aliphatic carbocycles. The normalized spacial score (nSPS) is 28.7. The first-order chi connectivity index (χ1) is 12.7. The highest BCUT2D eigenvalue weighted by Crippen LogP contribution is 2.53. The van der Waals surface area contributed by atoms with E-state index in [1.807, 2.05) is 48.5 Å². The van der Waals surface area contributed by atoms with Gasteiger partial charge in [0.25, 0.3) is 0 Å². The van der Waals surface area contributed by atoms with Gasteiger partial charge in [-0.05, 0) is 36.0 Å². The van der Waals surface area contributed by atoms with Crippen molar-refractivity contribution in [2.24, 2.45) is 23.7 Å². The number of allylic oxidation sites excluding steroid dienone is 2. The molecule has 0 N–H and O–H groups in total. The summed E-state index contributed by atoms with van der Waals surface area (Å²) in [7, 11) is 0. The fraction of sp³-hybridized carbons (Fsp3) is 0.273. The summed E-state index contributed by atoms with van der Waals surface area (Å²) in [5.41, 5.74) is 1.60. The maximum Gasteiger partial charge on any atom is 0.238 e. The Kier molecular flexibility index (Phi) is 3.45. The summed E-state index contributed by atoms with van der Waals surface area (Å²) in [4.78, 5) is 27.4. The first-order valence-corrected chi connectivity index (χ1v) is 9.06. The molecule has 0 radical (unpaired) electrons. The van der Waals surface area contributed by atoms with E-state index < -0.39 is 0 Å². The summed E-state index contributed by atoms with van der Waals surface area (Å²) in [6, 6.07) is 17.2. The van der Waals surface area contributed by atoms with Crippen LogP contribution in [0.3, 0.4) is 0 Å². The Morgan fingerprint density at radius 1 is 0.846 bits per heavy atom. The molecule has 1 heterocycles. The second kappa shape index (κ2) is 5.84. The smallest absolute Gasteiger partial charge is 0.238 e. The number of anilines is 1. The Morgan fingerprint density at radius 2 is 1.46 bits per heavy atom. The molecule has 4 atom stereocenters. The molecule has 2 bridgehead atoms. The van der Waals surface area contributed by atoms with Crippen LogP contribution in [-0.2, 0) is 16.2 Å². The minimum Gasteiger partial charge on any atom is -0.487 e. The molecule has 2 fully saturated rings. The summed E-state index contributed by atoms with van der Waals surface area (Å²) >= 11 is 0. The molecule has 1 aliphatic heterocycles. The van der Waals surface area contributed by atoms with Gasteiger partial charge in [0.1, 0.15) is 12.4 Å². The molecular formula is C22H19NO3. The highest BCUT2D eigenvalue weighted by Gasteiger charge is 2.59. The number of ether oxygens (including phenoxy) is 1. The second-order valence-electron chi connectivity index (χ2n) is 7.25. The second-order valence-corrected chi connectivity index (χ2v) is 7.25. The number of hydrogen-bond acceptors (Lipinski definition) is 3. The molecule has 4 unspecified atom stereocenters. The van der Waals surface area contributed by atoms with Gasteiger partial charge in [-0.1, -0.05) is 54.6 Å². The third-order valence-corrected chi connectivity index (χ3v) is 5.81. The van der Waals surface area contributed by atoms with Crippen molar-refractivity contribution in [3.63, 3.8) is 0 Å². The number of nitrogens with zero attached hydrogens (tertiary/aromatic N) is 1. The Labute approximate surface area is 152 Å². The maximum absolute atomic E-state index is 13.0. The molecule has 130 valence electrons. The van der Waals surface area contributed by atoms with E-state index in [0.717, 1.165) is 12.0 Å². The molecule has 5 rings (SSSR count). The fourth-order valence-electron chi connectivity index (χ4n) is 4.64. The topological polar surface area (TPSA) is 46.6 Å². The van der Waals surface area contributed by atoms with Crippen LogP contribution in [0, 0.1) is 23.7 Å². The molecule has 2 aromatic carbocycles. The van der Waals surface area contributed by atoms with Crippen LogP contribution < -0.4 is 9.64 Å². The predicted molar refractivity (Wildman–Crippen MR) is 97.4 cm³/mol. The number of benzene rings is 2. The largest absolute Gasteiger partial charge is 0.487 e. The van der Waals surface area contributed by atoms with Crippen LogP contribution in [0.5, 0.6) is 5.75 Å². The van der Waals surface area contributed by atoms with Gasteiger partial charge in [-0.2, -0.15) is 0 Å². The molecular weight excluding hydrogens is 326 g/mol. The minimum atomic E-state index is -0.195. The Balaban J connectivity index is 1.44. The molecule has 3 aliphatic rings. The van der Waals surface area contributed by atoms with E-state index in [-0.39, 0.29) is 35.5 Å². The van der Waals surface area contributed by atoms with Crippen molar-refractivity contribution >= 4 is 17.5 Å². The van der Waals surface area contributed by atoms with E-state index in [0.29, 0.717) is 18.0 Å². The number of amides is 2. The van der Waals surface area contributed by atoms with Crippen LogP contribution in [0.15, 0.2) is 66.7 Å². The van der Waals surface area contributed by atoms with Crippen LogP contribution in [0.25, 0.3) is 0 Å². The lowest BCUT2D eigenvalue weighted by Gasteiger charge is -2.20. The van der Waals surface area contributed by atoms with E-state index >= 15 is 0 Å². The first-order valence-electron chi connectivity index (χ1n) is 9.06. The molecule has 1 saturated heterocycles. The average molecular weight is 345 g/mol. The van der Waals surface area contributed by atoms with E-state index in [9.17, 15) is 9.59 Å². The van der Waals surface area contributed by atoms with Crippen molar-refractivity contribution < 1.29 is 14.3 Å². The Hall–Kier alpha value is -2.88. The lowest BCUT2D eigenvalue weighted by molar-refractivity contribution is -0.123. The Bertz CT molecular complexity index is 875. The number of carbonyl (C=O) groups excluding carboxylic acids is 2. The summed E-state index contributed by atoms with van der Waals surface area (Å²) < 4.78 is 5.96. The zero-order valence-electron chi connectivity index (χ0n) is 14.2. The van der Waals surface area contributed by atoms with Crippen LogP contribution in [0.4, 0.5) is 5.69 Å². The average Bonchev–Trinajstić information content (AvgIpc) is 3.35. The Morgan fingerprint density at radius 3 is 2.15 bits per heavy atom. The van der Waals surface area contributed by atoms with Crippen molar-refractivity contribution in [2.75, 3.05) is 4.90 Å². The van der Waals surface area contributed by atoms with E-state index in [1.54, 1.807) is 6.07 Å². The van der Waals surface area contributed by atoms with Gasteiger partial charge in [0.15, 0.2) is 0 Å². The van der Waals surface area contributed by atoms with Gasteiger partial charge in [0.05, 0.1) is 17.5 Å². The molecule has 2 aromatic rings. The molecule has 4 nitrogen and oxygen atoms in total. The summed E-state index contributed by atoms with van der Waals surface area (Å²) in [5.74, 6) is 0.450. The van der Waals surface area contributed by atoms with Gasteiger partial charge in [0, 0.05) is 0 Å². The third kappa shape index (κ3) is 2.22. The van der Waals surface area contributed by atoms with E-state index in [4.69, 9.17) is 4.74 Å². The molecule has 1 saturated carbocycles. The zero-order chi connectivity index (χ0) is 17.7. The fourth-order valence-corrected chi connectivity index (χ4v) is 4.64. The summed E-state index contributed by atoms with van der Waals surface area (Å²) in [5, 5.41) is 0. The van der Waals surface area contributed by atoms with E-state index in [1.165, 1.54) is 4.90 Å². The number of hydrogen-bond donors (Lipinski definition) is 0. The van der Waals surface area contributed by atoms with E-state index in [2.05, 4.69) is 12.2 Å². The molecule has 0 aromatic heterocycles. The van der Waals surface area contributed by atoms with Gasteiger partial charge < -0.3 is 4.74 Å². The molecule has 2 amide bonds. The highest BCUT2D eigenvalue weighted by atomic mass is 16.5. The van der Waals surface area contributed by atoms with Crippen molar-refractivity contribution in [1.29, 1.82) is 0 Å². The SMILES string of the molecule is O=C1C2C3C=CC(C3)C2C(=O)N1c1ccccc1OCc1ccccc1. The predicted octanol–water partition coefficient (Wildman–Crippen LogP) is 3.58. The zero-order valence-corrected chi connectivity index (χ0v) is 14.2. The van der Waals surface area contributed by atoms with Gasteiger partial charge in [0.2, 0.25) is 11.8 Å². The maximum atomic E-state index is 13.0. The van der Waals surface area contributed by atoms with Gasteiger partial charge >= 0.3 is 0 Å². The van der Waals surface area contributed by atoms with Crippen LogP contribution in [0.1, 0.15) is 12.0 Å². The van der Waals surface area contributed by atoms with Gasteiger partial charge in [-0.3, -0.25) is 9.59 Å². The number of imide groups is 1. The monoisotopic (exact) mass is 345 g/mol. The molecule has 26 heavy (non-hydrogen) atoms. The lowest BCUT2D eigenvalue weighted by Crippen LogP contribution is -2.33. The van der Waals surface area contributed by atoms with Gasteiger partial charge in [-0.25, -0.2) is 4.90 Å². The van der Waals surface area contributed by atoms with Crippen LogP contribution >= 0.6 is 0 Å². The third-order valence-electron chi connectivity index (χ3n) is 5.81. The highest BCUT2D eigenvalue weighted by molar-refractivity contribution is 6.23. The number of carbonyl (C=O) groups is 2. The number of para-hydroxylation sites is 2. The summed E-state index contributed by atoms with van der Waals surface area (Å²) in [6.45, 7) is 0.397. The van der Waals surface area contributed by atoms with Crippen LogP contribution in [0.2, 0.25) is 0 Å². The standard InChI is InChI=1S/C22H19NO3/c24-21-19-15-10-11-16(12-15)20(19)22(25)23(21)17-8-4-5-9-18(17)26-13-14-6-2-1-3-7-14/h1-11,15-16,19-20H,12-13H2. The first kappa shape index (κ1) is 15.4. The van der Waals surface area contributed by atoms with Crippen molar-refractivity contribution in [3.8, 4) is 5.75 Å². The van der Waals surface area contributed by atoms with Crippen LogP contribution in [-0.4, -0.2) is 11.8 Å². The van der Waals surface area contributed by atoms with Crippen molar-refractivity contribution in [3.05, 3.63) is 72.3 Å². The quantitative estimate of drug-likeness (QED) is 0.629. The minimum absolute atomic E-state index is 0.0763.